The zero-order chi connectivity index (χ0) is 24.2. The molecule has 1 aliphatic rings. The predicted octanol–water partition coefficient (Wildman–Crippen LogP) is 4.82. The Morgan fingerprint density at radius 2 is 1.82 bits per heavy atom. The van der Waals surface area contributed by atoms with Crippen LogP contribution >= 0.6 is 11.3 Å². The third-order valence-corrected chi connectivity index (χ3v) is 6.92. The van der Waals surface area contributed by atoms with Gasteiger partial charge >= 0.3 is 0 Å². The fourth-order valence-electron chi connectivity index (χ4n) is 4.04. The van der Waals surface area contributed by atoms with Crippen LogP contribution in [0.5, 0.6) is 17.2 Å². The van der Waals surface area contributed by atoms with E-state index in [9.17, 15) is 4.79 Å². The number of nitrogen functional groups attached to an aromatic ring is 1. The first-order chi connectivity index (χ1) is 16.4. The second kappa shape index (κ2) is 10.3. The minimum Gasteiger partial charge on any atom is -0.493 e. The molecular formula is C26H31N3O4S. The summed E-state index contributed by atoms with van der Waals surface area (Å²) in [5.74, 6) is 2.23. The molecule has 1 saturated carbocycles. The second-order valence-electron chi connectivity index (χ2n) is 8.58. The van der Waals surface area contributed by atoms with Gasteiger partial charge < -0.3 is 24.8 Å². The highest BCUT2D eigenvalue weighted by atomic mass is 32.1. The van der Waals surface area contributed by atoms with Crippen molar-refractivity contribution in [2.75, 3.05) is 40.2 Å². The number of anilines is 1. The Bertz CT molecular complexity index is 1150. The van der Waals surface area contributed by atoms with Crippen LogP contribution in [0.25, 0.3) is 10.4 Å². The van der Waals surface area contributed by atoms with Gasteiger partial charge in [0.1, 0.15) is 5.69 Å². The number of methoxy groups -OCH3 is 3. The molecule has 2 N–H and O–H groups in total. The number of nitrogens with zero attached hydrogens (tertiary/aromatic N) is 2. The molecule has 0 atom stereocenters. The monoisotopic (exact) mass is 481 g/mol. The number of rotatable bonds is 10. The molecule has 0 bridgehead atoms. The van der Waals surface area contributed by atoms with Crippen LogP contribution in [-0.4, -0.2) is 50.2 Å². The minimum absolute atomic E-state index is 0.0798. The van der Waals surface area contributed by atoms with Gasteiger partial charge in [0, 0.05) is 13.1 Å². The lowest BCUT2D eigenvalue weighted by Crippen LogP contribution is -2.35. The molecule has 0 radical (unpaired) electrons. The number of amides is 1. The third kappa shape index (κ3) is 5.28. The minimum atomic E-state index is -0.0798. The van der Waals surface area contributed by atoms with E-state index in [4.69, 9.17) is 19.9 Å². The number of hydrogen-bond acceptors (Lipinski definition) is 7. The van der Waals surface area contributed by atoms with Gasteiger partial charge in [0.05, 0.1) is 26.2 Å². The van der Waals surface area contributed by atoms with E-state index < -0.39 is 0 Å². The van der Waals surface area contributed by atoms with E-state index in [-0.39, 0.29) is 5.91 Å². The van der Waals surface area contributed by atoms with Crippen LogP contribution in [0.3, 0.4) is 0 Å². The van der Waals surface area contributed by atoms with Crippen molar-refractivity contribution in [3.8, 4) is 27.7 Å². The van der Waals surface area contributed by atoms with E-state index in [1.54, 1.807) is 21.3 Å². The maximum atomic E-state index is 13.7. The van der Waals surface area contributed by atoms with Crippen molar-refractivity contribution in [3.05, 3.63) is 53.2 Å². The summed E-state index contributed by atoms with van der Waals surface area (Å²) in [5.41, 5.74) is 9.58. The van der Waals surface area contributed by atoms with Gasteiger partial charge in [-0.25, -0.2) is 4.98 Å². The molecule has 0 spiro atoms. The van der Waals surface area contributed by atoms with Crippen LogP contribution in [-0.2, 0) is 6.42 Å². The number of hydrogen-bond donors (Lipinski definition) is 1. The molecule has 8 heteroatoms. The van der Waals surface area contributed by atoms with Crippen molar-refractivity contribution >= 4 is 22.4 Å². The first kappa shape index (κ1) is 23.9. The topological polar surface area (TPSA) is 86.9 Å². The Morgan fingerprint density at radius 1 is 1.12 bits per heavy atom. The normalized spacial score (nSPS) is 12.9. The second-order valence-corrected chi connectivity index (χ2v) is 9.61. The molecule has 1 amide bonds. The van der Waals surface area contributed by atoms with E-state index in [1.807, 2.05) is 42.2 Å². The quantitative estimate of drug-likeness (QED) is 0.447. The van der Waals surface area contributed by atoms with Crippen molar-refractivity contribution in [3.63, 3.8) is 0 Å². The Morgan fingerprint density at radius 3 is 2.41 bits per heavy atom. The van der Waals surface area contributed by atoms with Crippen LogP contribution in [0.4, 0.5) is 5.13 Å². The maximum Gasteiger partial charge on any atom is 0.274 e. The average Bonchev–Trinajstić information content (AvgIpc) is 3.58. The summed E-state index contributed by atoms with van der Waals surface area (Å²) in [7, 11) is 4.79. The molecule has 2 aromatic carbocycles. The molecule has 4 rings (SSSR count). The highest BCUT2D eigenvalue weighted by molar-refractivity contribution is 7.19. The van der Waals surface area contributed by atoms with Gasteiger partial charge in [0.15, 0.2) is 16.6 Å². The highest BCUT2D eigenvalue weighted by Crippen LogP contribution is 2.39. The largest absolute Gasteiger partial charge is 0.493 e. The number of aromatic nitrogens is 1. The van der Waals surface area contributed by atoms with Gasteiger partial charge in [0.25, 0.3) is 5.91 Å². The van der Waals surface area contributed by atoms with Crippen molar-refractivity contribution < 1.29 is 19.0 Å². The van der Waals surface area contributed by atoms with Gasteiger partial charge in [-0.3, -0.25) is 4.79 Å². The lowest BCUT2D eigenvalue weighted by atomic mass is 10.1. The van der Waals surface area contributed by atoms with E-state index in [1.165, 1.54) is 11.3 Å². The average molecular weight is 482 g/mol. The van der Waals surface area contributed by atoms with Crippen molar-refractivity contribution in [2.45, 2.75) is 26.2 Å². The summed E-state index contributed by atoms with van der Waals surface area (Å²) in [5, 5.41) is 0.399. The first-order valence-electron chi connectivity index (χ1n) is 11.3. The van der Waals surface area contributed by atoms with E-state index in [0.29, 0.717) is 53.5 Å². The molecule has 3 aromatic rings. The van der Waals surface area contributed by atoms with Crippen LogP contribution in [0.1, 0.15) is 34.5 Å². The first-order valence-corrected chi connectivity index (χ1v) is 12.2. The fourth-order valence-corrected chi connectivity index (χ4v) is 4.87. The van der Waals surface area contributed by atoms with Gasteiger partial charge in [-0.2, -0.15) is 0 Å². The van der Waals surface area contributed by atoms with Gasteiger partial charge in [-0.15, -0.1) is 0 Å². The van der Waals surface area contributed by atoms with Gasteiger partial charge in [0.2, 0.25) is 5.75 Å². The Kier molecular flexibility index (Phi) is 7.26. The SMILES string of the molecule is COc1cc(CCN(CC2CC2)C(=O)c2nc(N)sc2-c2cccc(C)c2)cc(OC)c1OC. The summed E-state index contributed by atoms with van der Waals surface area (Å²) >= 11 is 1.36. The molecule has 0 unspecified atom stereocenters. The molecule has 7 nitrogen and oxygen atoms in total. The molecule has 1 aliphatic carbocycles. The van der Waals surface area contributed by atoms with Crippen molar-refractivity contribution in [2.24, 2.45) is 5.92 Å². The maximum absolute atomic E-state index is 13.7. The lowest BCUT2D eigenvalue weighted by Gasteiger charge is -2.23. The Hall–Kier alpha value is -3.26. The number of carbonyl (C=O) groups excluding carboxylic acids is 1. The summed E-state index contributed by atoms with van der Waals surface area (Å²) in [6.45, 7) is 3.30. The van der Waals surface area contributed by atoms with Crippen molar-refractivity contribution in [1.29, 1.82) is 0 Å². The van der Waals surface area contributed by atoms with E-state index in [2.05, 4.69) is 11.1 Å². The summed E-state index contributed by atoms with van der Waals surface area (Å²) in [6.07, 6.45) is 2.95. The molecular weight excluding hydrogens is 450 g/mol. The number of nitrogens with two attached hydrogens (primary N) is 1. The summed E-state index contributed by atoms with van der Waals surface area (Å²) in [6, 6.07) is 11.9. The smallest absolute Gasteiger partial charge is 0.274 e. The summed E-state index contributed by atoms with van der Waals surface area (Å²) in [4.78, 5) is 20.9. The molecule has 34 heavy (non-hydrogen) atoms. The van der Waals surface area contributed by atoms with E-state index >= 15 is 0 Å². The van der Waals surface area contributed by atoms with Gasteiger partial charge in [-0.05, 0) is 55.4 Å². The van der Waals surface area contributed by atoms with Crippen LogP contribution in [0.15, 0.2) is 36.4 Å². The molecule has 0 aliphatic heterocycles. The molecule has 1 aromatic heterocycles. The number of carbonyl (C=O) groups is 1. The number of thiazole rings is 1. The molecule has 1 heterocycles. The molecule has 0 saturated heterocycles. The van der Waals surface area contributed by atoms with Gasteiger partial charge in [-0.1, -0.05) is 41.2 Å². The van der Waals surface area contributed by atoms with Crippen LogP contribution in [0, 0.1) is 12.8 Å². The zero-order valence-electron chi connectivity index (χ0n) is 20.1. The molecule has 1 fully saturated rings. The zero-order valence-corrected chi connectivity index (χ0v) is 20.9. The fraction of sp³-hybridized carbons (Fsp3) is 0.385. The van der Waals surface area contributed by atoms with E-state index in [0.717, 1.165) is 34.4 Å². The standard InChI is InChI=1S/C26H31N3O4S/c1-16-6-5-7-19(12-16)24-22(28-26(27)34-24)25(30)29(15-17-8-9-17)11-10-18-13-20(31-2)23(33-4)21(14-18)32-3/h5-7,12-14,17H,8-11,15H2,1-4H3,(H2,27,28). The lowest BCUT2D eigenvalue weighted by molar-refractivity contribution is 0.0745. The number of ether oxygens (including phenoxy) is 3. The highest BCUT2D eigenvalue weighted by Gasteiger charge is 2.30. The van der Waals surface area contributed by atoms with Crippen LogP contribution < -0.4 is 19.9 Å². The predicted molar refractivity (Wildman–Crippen MR) is 135 cm³/mol. The number of benzene rings is 2. The third-order valence-electron chi connectivity index (χ3n) is 5.98. The summed E-state index contributed by atoms with van der Waals surface area (Å²) < 4.78 is 16.4. The Labute approximate surface area is 204 Å². The van der Waals surface area contributed by atoms with Crippen LogP contribution in [0.2, 0.25) is 0 Å². The van der Waals surface area contributed by atoms with Crippen molar-refractivity contribution in [1.82, 2.24) is 9.88 Å². The number of aryl methyl sites for hydroxylation is 1. The Balaban J connectivity index is 1.60. The molecule has 180 valence electrons.